The van der Waals surface area contributed by atoms with Crippen LogP contribution < -0.4 is 0 Å². The van der Waals surface area contributed by atoms with Crippen LogP contribution in [0.4, 0.5) is 0 Å². The second kappa shape index (κ2) is 5.60. The zero-order valence-corrected chi connectivity index (χ0v) is 15.0. The second-order valence-corrected chi connectivity index (χ2v) is 8.06. The quantitative estimate of drug-likeness (QED) is 0.845. The van der Waals surface area contributed by atoms with E-state index in [1.54, 1.807) is 0 Å². The van der Waals surface area contributed by atoms with E-state index < -0.39 is 5.60 Å². The summed E-state index contributed by atoms with van der Waals surface area (Å²) in [7, 11) is 0. The van der Waals surface area contributed by atoms with Crippen LogP contribution in [0.3, 0.4) is 0 Å². The van der Waals surface area contributed by atoms with Crippen molar-refractivity contribution in [2.45, 2.75) is 64.8 Å². The van der Waals surface area contributed by atoms with Crippen molar-refractivity contribution in [3.8, 4) is 0 Å². The predicted molar refractivity (Wildman–Crippen MR) is 92.3 cm³/mol. The lowest BCUT2D eigenvalue weighted by Crippen LogP contribution is -2.68. The lowest BCUT2D eigenvalue weighted by atomic mass is 9.84. The Labute approximate surface area is 139 Å². The van der Waals surface area contributed by atoms with Crippen LogP contribution in [0, 0.1) is 5.92 Å². The molecule has 3 atom stereocenters. The molecule has 3 rings (SSSR count). The second-order valence-electron chi connectivity index (χ2n) is 8.06. The third kappa shape index (κ3) is 2.79. The van der Waals surface area contributed by atoms with Crippen LogP contribution in [0.2, 0.25) is 0 Å². The zero-order valence-electron chi connectivity index (χ0n) is 15.0. The van der Waals surface area contributed by atoms with Crippen molar-refractivity contribution in [1.82, 2.24) is 5.06 Å². The molecule has 0 radical (unpaired) electrons. The highest BCUT2D eigenvalue weighted by atomic mass is 16.8. The molecule has 4 nitrogen and oxygen atoms in total. The molecule has 0 spiro atoms. The van der Waals surface area contributed by atoms with Crippen molar-refractivity contribution in [2.24, 2.45) is 10.9 Å². The van der Waals surface area contributed by atoms with Gasteiger partial charge in [-0.3, -0.25) is 4.84 Å². The van der Waals surface area contributed by atoms with Gasteiger partial charge < -0.3 is 4.74 Å². The van der Waals surface area contributed by atoms with E-state index in [0.717, 1.165) is 5.90 Å². The van der Waals surface area contributed by atoms with Crippen molar-refractivity contribution in [1.29, 1.82) is 0 Å². The number of hydroxylamine groups is 2. The maximum absolute atomic E-state index is 6.25. The Morgan fingerprint density at radius 3 is 2.39 bits per heavy atom. The number of hydrogen-bond acceptors (Lipinski definition) is 4. The number of aliphatic imine (C=N–C) groups is 1. The third-order valence-electron chi connectivity index (χ3n) is 4.69. The first-order valence-electron chi connectivity index (χ1n) is 8.48. The largest absolute Gasteiger partial charge is 0.477 e. The summed E-state index contributed by atoms with van der Waals surface area (Å²) in [5, 5.41) is 2.07. The van der Waals surface area contributed by atoms with Crippen LogP contribution in [0.1, 0.15) is 53.1 Å². The standard InChI is InChI=1S/C19H28N2O2/c1-13(2)15-12-22-17(20-15)19(6)16(14-10-8-7-9-11-14)21(23-19)18(3,4)5/h7-11,13,15-16H,12H2,1-6H3/t15-,16+,19-/m1/s1. The molecule has 1 fully saturated rings. The molecule has 2 heterocycles. The highest BCUT2D eigenvalue weighted by Crippen LogP contribution is 2.50. The van der Waals surface area contributed by atoms with E-state index in [0.29, 0.717) is 12.5 Å². The van der Waals surface area contributed by atoms with Gasteiger partial charge in [-0.15, -0.1) is 0 Å². The molecule has 0 unspecified atom stereocenters. The number of ether oxygens (including phenoxy) is 1. The van der Waals surface area contributed by atoms with Crippen molar-refractivity contribution in [2.75, 3.05) is 6.61 Å². The Balaban J connectivity index is 1.94. The van der Waals surface area contributed by atoms with Crippen LogP contribution in [0.15, 0.2) is 35.3 Å². The van der Waals surface area contributed by atoms with Crippen molar-refractivity contribution in [3.05, 3.63) is 35.9 Å². The van der Waals surface area contributed by atoms with Gasteiger partial charge in [-0.2, -0.15) is 5.06 Å². The van der Waals surface area contributed by atoms with Gasteiger partial charge in [0.15, 0.2) is 5.60 Å². The molecule has 1 aromatic rings. The number of hydrogen-bond donors (Lipinski definition) is 0. The summed E-state index contributed by atoms with van der Waals surface area (Å²) in [5.41, 5.74) is 0.616. The molecule has 1 aromatic carbocycles. The lowest BCUT2D eigenvalue weighted by molar-refractivity contribution is -0.399. The Morgan fingerprint density at radius 2 is 1.87 bits per heavy atom. The van der Waals surface area contributed by atoms with Crippen molar-refractivity contribution in [3.63, 3.8) is 0 Å². The molecule has 126 valence electrons. The zero-order chi connectivity index (χ0) is 16.8. The summed E-state index contributed by atoms with van der Waals surface area (Å²) in [6.07, 6.45) is 0. The summed E-state index contributed by atoms with van der Waals surface area (Å²) in [6.45, 7) is 13.6. The molecule has 2 aliphatic heterocycles. The van der Waals surface area contributed by atoms with E-state index in [9.17, 15) is 0 Å². The summed E-state index contributed by atoms with van der Waals surface area (Å²) < 4.78 is 5.94. The van der Waals surface area contributed by atoms with Crippen molar-refractivity contribution < 1.29 is 9.57 Å². The van der Waals surface area contributed by atoms with Crippen LogP contribution in [-0.4, -0.2) is 34.7 Å². The van der Waals surface area contributed by atoms with Gasteiger partial charge in [-0.1, -0.05) is 44.2 Å². The highest BCUT2D eigenvalue weighted by Gasteiger charge is 2.60. The van der Waals surface area contributed by atoms with Crippen LogP contribution in [0.5, 0.6) is 0 Å². The van der Waals surface area contributed by atoms with E-state index in [1.165, 1.54) is 5.56 Å². The van der Waals surface area contributed by atoms with E-state index in [2.05, 4.69) is 70.9 Å². The van der Waals surface area contributed by atoms with Gasteiger partial charge in [0.1, 0.15) is 12.6 Å². The molecule has 0 saturated carbocycles. The minimum Gasteiger partial charge on any atom is -0.477 e. The molecule has 0 bridgehead atoms. The molecular weight excluding hydrogens is 288 g/mol. The Hall–Kier alpha value is -1.39. The van der Waals surface area contributed by atoms with Crippen molar-refractivity contribution >= 4 is 5.90 Å². The summed E-state index contributed by atoms with van der Waals surface area (Å²) in [5.74, 6) is 1.22. The number of nitrogens with zero attached hydrogens (tertiary/aromatic N) is 2. The van der Waals surface area contributed by atoms with Crippen LogP contribution in [0.25, 0.3) is 0 Å². The van der Waals surface area contributed by atoms with Crippen LogP contribution >= 0.6 is 0 Å². The molecule has 0 aromatic heterocycles. The molecule has 2 aliphatic rings. The summed E-state index contributed by atoms with van der Waals surface area (Å²) in [4.78, 5) is 11.1. The average molecular weight is 316 g/mol. The van der Waals surface area contributed by atoms with Gasteiger partial charge in [-0.05, 0) is 39.2 Å². The van der Waals surface area contributed by atoms with Gasteiger partial charge in [0.2, 0.25) is 5.90 Å². The Bertz CT molecular complexity index is 591. The van der Waals surface area contributed by atoms with E-state index >= 15 is 0 Å². The minimum atomic E-state index is -0.529. The molecule has 1 saturated heterocycles. The fraction of sp³-hybridized carbons (Fsp3) is 0.632. The first-order valence-corrected chi connectivity index (χ1v) is 8.48. The van der Waals surface area contributed by atoms with E-state index in [4.69, 9.17) is 14.6 Å². The fourth-order valence-electron chi connectivity index (χ4n) is 3.25. The topological polar surface area (TPSA) is 34.1 Å². The average Bonchev–Trinajstić information content (AvgIpc) is 2.95. The Kier molecular flexibility index (Phi) is 4.01. The molecule has 0 amide bonds. The molecule has 0 aliphatic carbocycles. The maximum atomic E-state index is 6.25. The van der Waals surface area contributed by atoms with Crippen LogP contribution in [-0.2, 0) is 9.57 Å². The first-order chi connectivity index (χ1) is 10.7. The molecule has 0 N–H and O–H groups in total. The minimum absolute atomic E-state index is 0.0867. The van der Waals surface area contributed by atoms with Gasteiger partial charge >= 0.3 is 0 Å². The predicted octanol–water partition coefficient (Wildman–Crippen LogP) is 3.99. The lowest BCUT2D eigenvalue weighted by Gasteiger charge is -2.58. The summed E-state index contributed by atoms with van der Waals surface area (Å²) >= 11 is 0. The Morgan fingerprint density at radius 1 is 1.22 bits per heavy atom. The van der Waals surface area contributed by atoms with E-state index in [1.807, 2.05) is 6.07 Å². The smallest absolute Gasteiger partial charge is 0.221 e. The fourth-order valence-corrected chi connectivity index (χ4v) is 3.25. The highest BCUT2D eigenvalue weighted by molar-refractivity contribution is 5.88. The van der Waals surface area contributed by atoms with E-state index in [-0.39, 0.29) is 17.6 Å². The number of benzene rings is 1. The molecule has 4 heteroatoms. The van der Waals surface area contributed by atoms with Gasteiger partial charge in [0, 0.05) is 5.54 Å². The normalized spacial score (nSPS) is 31.7. The molecule has 23 heavy (non-hydrogen) atoms. The molecular formula is C19H28N2O2. The third-order valence-corrected chi connectivity index (χ3v) is 4.69. The first kappa shape index (κ1) is 16.5. The monoisotopic (exact) mass is 316 g/mol. The number of rotatable bonds is 3. The van der Waals surface area contributed by atoms with Gasteiger partial charge in [0.25, 0.3) is 0 Å². The SMILES string of the molecule is CC(C)[C@H]1COC([C@]2(C)ON(C(C)(C)C)[C@H]2c2ccccc2)=N1. The summed E-state index contributed by atoms with van der Waals surface area (Å²) in [6, 6.07) is 10.8. The maximum Gasteiger partial charge on any atom is 0.221 e. The van der Waals surface area contributed by atoms with Gasteiger partial charge in [-0.25, -0.2) is 4.99 Å². The van der Waals surface area contributed by atoms with Gasteiger partial charge in [0.05, 0.1) is 6.04 Å².